The predicted octanol–water partition coefficient (Wildman–Crippen LogP) is 5.16. The molecule has 0 spiro atoms. The van der Waals surface area contributed by atoms with Crippen molar-refractivity contribution in [2.24, 2.45) is 5.92 Å². The van der Waals surface area contributed by atoms with E-state index in [9.17, 15) is 0 Å². The average Bonchev–Trinajstić information content (AvgIpc) is 3.11. The molecule has 0 aliphatic heterocycles. The number of nitrogens with one attached hydrogen (secondary N) is 1. The predicted molar refractivity (Wildman–Crippen MR) is 86.7 cm³/mol. The third-order valence-electron chi connectivity index (χ3n) is 3.79. The van der Waals surface area contributed by atoms with Gasteiger partial charge in [-0.3, -0.25) is 0 Å². The van der Waals surface area contributed by atoms with Gasteiger partial charge in [-0.15, -0.1) is 11.3 Å². The lowest BCUT2D eigenvalue weighted by molar-refractivity contribution is 0.537. The second-order valence-corrected chi connectivity index (χ2v) is 7.24. The van der Waals surface area contributed by atoms with E-state index in [4.69, 9.17) is 0 Å². The van der Waals surface area contributed by atoms with Gasteiger partial charge in [-0.1, -0.05) is 28.1 Å². The van der Waals surface area contributed by atoms with Crippen LogP contribution in [0, 0.1) is 12.8 Å². The Bertz CT molecular complexity index is 586. The maximum Gasteiger partial charge on any atom is 0.0441 e. The Morgan fingerprint density at radius 3 is 2.68 bits per heavy atom. The largest absolute Gasteiger partial charge is 0.312 e. The van der Waals surface area contributed by atoms with E-state index >= 15 is 0 Å². The molecular weight excluding hydrogens is 318 g/mol. The van der Waals surface area contributed by atoms with Crippen molar-refractivity contribution in [3.8, 4) is 10.4 Å². The van der Waals surface area contributed by atoms with Crippen molar-refractivity contribution in [3.63, 3.8) is 0 Å². The van der Waals surface area contributed by atoms with Crippen molar-refractivity contribution >= 4 is 27.3 Å². The third kappa shape index (κ3) is 2.78. The highest BCUT2D eigenvalue weighted by molar-refractivity contribution is 9.10. The van der Waals surface area contributed by atoms with Gasteiger partial charge in [0.15, 0.2) is 0 Å². The minimum atomic E-state index is 0.549. The molecule has 1 aromatic heterocycles. The van der Waals surface area contributed by atoms with E-state index in [0.717, 1.165) is 5.92 Å². The number of hydrogen-bond donors (Lipinski definition) is 1. The van der Waals surface area contributed by atoms with Gasteiger partial charge in [0.25, 0.3) is 0 Å². The highest BCUT2D eigenvalue weighted by Crippen LogP contribution is 2.44. The number of hydrogen-bond acceptors (Lipinski definition) is 2. The van der Waals surface area contributed by atoms with Crippen LogP contribution in [0.4, 0.5) is 0 Å². The summed E-state index contributed by atoms with van der Waals surface area (Å²) in [5.74, 6) is 0.848. The van der Waals surface area contributed by atoms with Crippen molar-refractivity contribution in [2.75, 3.05) is 7.05 Å². The molecule has 1 heterocycles. The second kappa shape index (κ2) is 5.39. The van der Waals surface area contributed by atoms with E-state index in [1.165, 1.54) is 38.2 Å². The first-order valence-electron chi connectivity index (χ1n) is 6.72. The first kappa shape index (κ1) is 13.3. The summed E-state index contributed by atoms with van der Waals surface area (Å²) in [7, 11) is 2.07. The number of halogens is 1. The van der Waals surface area contributed by atoms with E-state index in [1.807, 2.05) is 11.3 Å². The maximum atomic E-state index is 3.62. The van der Waals surface area contributed by atoms with E-state index in [-0.39, 0.29) is 0 Å². The first-order chi connectivity index (χ1) is 9.19. The van der Waals surface area contributed by atoms with Gasteiger partial charge in [-0.2, -0.15) is 0 Å². The van der Waals surface area contributed by atoms with Gasteiger partial charge in [0, 0.05) is 20.3 Å². The molecule has 0 saturated heterocycles. The summed E-state index contributed by atoms with van der Waals surface area (Å²) in [5.41, 5.74) is 2.59. The molecule has 1 atom stereocenters. The minimum Gasteiger partial charge on any atom is -0.312 e. The van der Waals surface area contributed by atoms with Gasteiger partial charge in [0.2, 0.25) is 0 Å². The first-order valence-corrected chi connectivity index (χ1v) is 8.33. The van der Waals surface area contributed by atoms with Crippen LogP contribution >= 0.6 is 27.3 Å². The van der Waals surface area contributed by atoms with Crippen molar-refractivity contribution < 1.29 is 0 Å². The van der Waals surface area contributed by atoms with Crippen molar-refractivity contribution in [3.05, 3.63) is 45.2 Å². The van der Waals surface area contributed by atoms with Crippen LogP contribution in [0.15, 0.2) is 34.8 Å². The molecule has 1 fully saturated rings. The smallest absolute Gasteiger partial charge is 0.0441 e. The summed E-state index contributed by atoms with van der Waals surface area (Å²) in [5, 5.41) is 3.47. The molecule has 1 aliphatic rings. The molecule has 0 radical (unpaired) electrons. The Kier molecular flexibility index (Phi) is 3.79. The molecule has 1 N–H and O–H groups in total. The van der Waals surface area contributed by atoms with E-state index in [2.05, 4.69) is 65.5 Å². The molecule has 19 heavy (non-hydrogen) atoms. The SMILES string of the molecule is CNC(c1ccc(-c2ccc(C)c(Br)c2)s1)C1CC1. The van der Waals surface area contributed by atoms with Crippen LogP contribution < -0.4 is 5.32 Å². The zero-order valence-electron chi connectivity index (χ0n) is 11.2. The molecule has 3 rings (SSSR count). The monoisotopic (exact) mass is 335 g/mol. The van der Waals surface area contributed by atoms with Gasteiger partial charge >= 0.3 is 0 Å². The number of benzene rings is 1. The summed E-state index contributed by atoms with van der Waals surface area (Å²) >= 11 is 5.54. The van der Waals surface area contributed by atoms with Gasteiger partial charge in [-0.25, -0.2) is 0 Å². The number of thiophene rings is 1. The molecule has 1 nitrogen and oxygen atoms in total. The normalized spacial score (nSPS) is 16.6. The van der Waals surface area contributed by atoms with Crippen molar-refractivity contribution in [2.45, 2.75) is 25.8 Å². The number of aryl methyl sites for hydroxylation is 1. The summed E-state index contributed by atoms with van der Waals surface area (Å²) in [4.78, 5) is 2.83. The van der Waals surface area contributed by atoms with Gasteiger partial charge in [-0.05, 0) is 62.1 Å². The summed E-state index contributed by atoms with van der Waals surface area (Å²) in [6.45, 7) is 2.12. The van der Waals surface area contributed by atoms with Crippen molar-refractivity contribution in [1.29, 1.82) is 0 Å². The van der Waals surface area contributed by atoms with Crippen LogP contribution in [0.3, 0.4) is 0 Å². The second-order valence-electron chi connectivity index (χ2n) is 5.27. The Morgan fingerprint density at radius 2 is 2.05 bits per heavy atom. The Hall–Kier alpha value is -0.640. The van der Waals surface area contributed by atoms with Crippen LogP contribution in [0.2, 0.25) is 0 Å². The van der Waals surface area contributed by atoms with Crippen molar-refractivity contribution in [1.82, 2.24) is 5.32 Å². The average molecular weight is 336 g/mol. The molecule has 1 aliphatic carbocycles. The molecule has 0 bridgehead atoms. The summed E-state index contributed by atoms with van der Waals surface area (Å²) < 4.78 is 1.19. The topological polar surface area (TPSA) is 12.0 Å². The molecule has 0 amide bonds. The molecule has 3 heteroatoms. The molecule has 1 aromatic carbocycles. The van der Waals surface area contributed by atoms with E-state index in [1.54, 1.807) is 0 Å². The fourth-order valence-electron chi connectivity index (χ4n) is 2.46. The lowest BCUT2D eigenvalue weighted by Crippen LogP contribution is -2.16. The van der Waals surface area contributed by atoms with Crippen LogP contribution in [-0.4, -0.2) is 7.05 Å². The standard InChI is InChI=1S/C16H18BrNS/c1-10-3-4-12(9-13(10)17)14-7-8-15(19-14)16(18-2)11-5-6-11/h3-4,7-9,11,16,18H,5-6H2,1-2H3. The van der Waals surface area contributed by atoms with Crippen LogP contribution in [0.25, 0.3) is 10.4 Å². The highest BCUT2D eigenvalue weighted by atomic mass is 79.9. The molecule has 2 aromatic rings. The van der Waals surface area contributed by atoms with Crippen LogP contribution in [0.1, 0.15) is 29.3 Å². The fourth-order valence-corrected chi connectivity index (χ4v) is 4.05. The fraction of sp³-hybridized carbons (Fsp3) is 0.375. The van der Waals surface area contributed by atoms with Gasteiger partial charge in [0.1, 0.15) is 0 Å². The minimum absolute atomic E-state index is 0.549. The third-order valence-corrected chi connectivity index (χ3v) is 5.87. The number of rotatable bonds is 4. The maximum absolute atomic E-state index is 3.62. The van der Waals surface area contributed by atoms with Gasteiger partial charge in [0.05, 0.1) is 0 Å². The molecular formula is C16H18BrNS. The molecule has 1 unspecified atom stereocenters. The lowest BCUT2D eigenvalue weighted by atomic mass is 10.1. The lowest BCUT2D eigenvalue weighted by Gasteiger charge is -2.12. The summed E-state index contributed by atoms with van der Waals surface area (Å²) in [6.07, 6.45) is 2.74. The Morgan fingerprint density at radius 1 is 1.26 bits per heavy atom. The molecule has 1 saturated carbocycles. The van der Waals surface area contributed by atoms with E-state index in [0.29, 0.717) is 6.04 Å². The zero-order valence-corrected chi connectivity index (χ0v) is 13.6. The summed E-state index contributed by atoms with van der Waals surface area (Å²) in [6, 6.07) is 11.7. The van der Waals surface area contributed by atoms with Crippen LogP contribution in [-0.2, 0) is 0 Å². The van der Waals surface area contributed by atoms with Gasteiger partial charge < -0.3 is 5.32 Å². The highest BCUT2D eigenvalue weighted by Gasteiger charge is 2.32. The van der Waals surface area contributed by atoms with Crippen LogP contribution in [0.5, 0.6) is 0 Å². The Labute approximate surface area is 127 Å². The molecule has 100 valence electrons. The Balaban J connectivity index is 1.89. The quantitative estimate of drug-likeness (QED) is 0.813. The zero-order chi connectivity index (χ0) is 13.4. The van der Waals surface area contributed by atoms with E-state index < -0.39 is 0 Å².